The van der Waals surface area contributed by atoms with Crippen LogP contribution in [0.2, 0.25) is 0 Å². The third-order valence-corrected chi connectivity index (χ3v) is 4.18. The zero-order valence-electron chi connectivity index (χ0n) is 11.8. The summed E-state index contributed by atoms with van der Waals surface area (Å²) in [5.74, 6) is -0.937. The monoisotopic (exact) mass is 287 g/mol. The van der Waals surface area contributed by atoms with Crippen LogP contribution >= 0.6 is 0 Å². The van der Waals surface area contributed by atoms with Gasteiger partial charge in [-0.25, -0.2) is 0 Å². The van der Waals surface area contributed by atoms with Gasteiger partial charge in [0.2, 0.25) is 6.54 Å². The molecular weight excluding hydrogens is 266 g/mol. The van der Waals surface area contributed by atoms with Gasteiger partial charge in [0.1, 0.15) is 0 Å². The van der Waals surface area contributed by atoms with E-state index in [4.69, 9.17) is 14.2 Å². The molecule has 2 fully saturated rings. The quantitative estimate of drug-likeness (QED) is 0.433. The Morgan fingerprint density at radius 1 is 1.25 bits per heavy atom. The molecule has 0 aromatic carbocycles. The van der Waals surface area contributed by atoms with E-state index in [0.717, 1.165) is 0 Å². The summed E-state index contributed by atoms with van der Waals surface area (Å²) < 4.78 is 16.2. The first-order chi connectivity index (χ1) is 9.49. The molecule has 1 saturated carbocycles. The van der Waals surface area contributed by atoms with Crippen LogP contribution in [0.1, 0.15) is 39.0 Å². The van der Waals surface area contributed by atoms with Crippen LogP contribution in [0.5, 0.6) is 0 Å². The smallest absolute Gasteiger partial charge is 0.306 e. The largest absolute Gasteiger partial charge is 0.466 e. The van der Waals surface area contributed by atoms with Crippen LogP contribution in [0.25, 0.3) is 0 Å². The van der Waals surface area contributed by atoms with Crippen molar-refractivity contribution in [1.29, 1.82) is 0 Å². The number of ether oxygens (including phenoxy) is 3. The normalized spacial score (nSPS) is 23.6. The van der Waals surface area contributed by atoms with Crippen molar-refractivity contribution in [2.45, 2.75) is 44.8 Å². The second-order valence-electron chi connectivity index (χ2n) is 5.58. The van der Waals surface area contributed by atoms with Crippen LogP contribution in [-0.4, -0.2) is 43.0 Å². The molecule has 0 atom stereocenters. The second-order valence-corrected chi connectivity index (χ2v) is 5.58. The van der Waals surface area contributed by atoms with Crippen molar-refractivity contribution < 1.29 is 23.9 Å². The first-order valence-corrected chi connectivity index (χ1v) is 7.05. The van der Waals surface area contributed by atoms with E-state index >= 15 is 0 Å². The van der Waals surface area contributed by atoms with E-state index in [-0.39, 0.29) is 23.9 Å². The summed E-state index contributed by atoms with van der Waals surface area (Å²) >= 11 is 0. The van der Waals surface area contributed by atoms with Gasteiger partial charge in [-0.3, -0.25) is 14.9 Å². The van der Waals surface area contributed by atoms with Crippen LogP contribution in [0.15, 0.2) is 0 Å². The molecule has 20 heavy (non-hydrogen) atoms. The van der Waals surface area contributed by atoms with E-state index in [0.29, 0.717) is 45.5 Å². The molecule has 1 saturated heterocycles. The summed E-state index contributed by atoms with van der Waals surface area (Å²) in [5, 5.41) is 10.9. The third-order valence-electron chi connectivity index (χ3n) is 4.18. The average molecular weight is 287 g/mol. The molecule has 0 aromatic rings. The Morgan fingerprint density at radius 3 is 2.35 bits per heavy atom. The Bertz CT molecular complexity index is 367. The maximum Gasteiger partial charge on any atom is 0.306 e. The number of carbonyl (C=O) groups excluding carboxylic acids is 1. The lowest BCUT2D eigenvalue weighted by molar-refractivity contribution is -0.500. The van der Waals surface area contributed by atoms with Crippen LogP contribution in [-0.2, 0) is 19.0 Å². The minimum atomic E-state index is -0.629. The number of nitro groups is 1. The lowest BCUT2D eigenvalue weighted by atomic mass is 9.70. The highest BCUT2D eigenvalue weighted by atomic mass is 16.7. The molecule has 0 aromatic heterocycles. The van der Waals surface area contributed by atoms with E-state index in [1.165, 1.54) is 0 Å². The van der Waals surface area contributed by atoms with Gasteiger partial charge in [0.25, 0.3) is 0 Å². The zero-order chi connectivity index (χ0) is 14.6. The van der Waals surface area contributed by atoms with Crippen LogP contribution in [0.3, 0.4) is 0 Å². The van der Waals surface area contributed by atoms with Crippen molar-refractivity contribution in [1.82, 2.24) is 0 Å². The molecule has 0 unspecified atom stereocenters. The molecule has 2 rings (SSSR count). The lowest BCUT2D eigenvalue weighted by Gasteiger charge is -2.40. The first-order valence-electron chi connectivity index (χ1n) is 7.05. The van der Waals surface area contributed by atoms with Gasteiger partial charge in [-0.1, -0.05) is 0 Å². The Morgan fingerprint density at radius 2 is 1.85 bits per heavy atom. The highest BCUT2D eigenvalue weighted by molar-refractivity contribution is 5.70. The Balaban J connectivity index is 2.01. The fourth-order valence-electron chi connectivity index (χ4n) is 3.13. The molecule has 1 spiro atoms. The molecule has 114 valence electrons. The summed E-state index contributed by atoms with van der Waals surface area (Å²) in [7, 11) is 0. The van der Waals surface area contributed by atoms with E-state index in [2.05, 4.69) is 0 Å². The van der Waals surface area contributed by atoms with Gasteiger partial charge in [0.15, 0.2) is 5.79 Å². The molecule has 0 N–H and O–H groups in total. The minimum absolute atomic E-state index is 0.0951. The Kier molecular flexibility index (Phi) is 4.59. The molecule has 0 amide bonds. The number of hydrogen-bond acceptors (Lipinski definition) is 6. The number of esters is 1. The van der Waals surface area contributed by atoms with Gasteiger partial charge in [-0.05, 0) is 19.8 Å². The molecule has 7 nitrogen and oxygen atoms in total. The van der Waals surface area contributed by atoms with Crippen molar-refractivity contribution >= 4 is 5.97 Å². The van der Waals surface area contributed by atoms with Gasteiger partial charge < -0.3 is 14.2 Å². The maximum atomic E-state index is 11.7. The summed E-state index contributed by atoms with van der Waals surface area (Å²) in [4.78, 5) is 22.3. The lowest BCUT2D eigenvalue weighted by Crippen LogP contribution is -2.44. The number of rotatable bonds is 5. The van der Waals surface area contributed by atoms with Gasteiger partial charge >= 0.3 is 5.97 Å². The van der Waals surface area contributed by atoms with Gasteiger partial charge in [0, 0.05) is 23.2 Å². The van der Waals surface area contributed by atoms with E-state index in [1.54, 1.807) is 6.92 Å². The van der Waals surface area contributed by atoms with Crippen LogP contribution in [0, 0.1) is 15.5 Å². The Hall–Kier alpha value is -1.21. The molecular formula is C13H21NO6. The van der Waals surface area contributed by atoms with E-state index < -0.39 is 11.2 Å². The van der Waals surface area contributed by atoms with Crippen molar-refractivity contribution in [2.24, 2.45) is 5.41 Å². The van der Waals surface area contributed by atoms with E-state index in [1.807, 2.05) is 0 Å². The van der Waals surface area contributed by atoms with Gasteiger partial charge in [-0.15, -0.1) is 0 Å². The maximum absolute atomic E-state index is 11.7. The fraction of sp³-hybridized carbons (Fsp3) is 0.923. The highest BCUT2D eigenvalue weighted by Crippen LogP contribution is 2.46. The number of hydrogen-bond donors (Lipinski definition) is 0. The average Bonchev–Trinajstić information content (AvgIpc) is 2.82. The van der Waals surface area contributed by atoms with Gasteiger partial charge in [0.05, 0.1) is 26.2 Å². The number of carbonyl (C=O) groups is 1. The molecule has 1 aliphatic carbocycles. The topological polar surface area (TPSA) is 87.9 Å². The first kappa shape index (κ1) is 15.2. The summed E-state index contributed by atoms with van der Waals surface area (Å²) in [6.45, 7) is 2.96. The summed E-state index contributed by atoms with van der Waals surface area (Å²) in [6.07, 6.45) is 2.39. The van der Waals surface area contributed by atoms with Gasteiger partial charge in [-0.2, -0.15) is 0 Å². The van der Waals surface area contributed by atoms with Crippen LogP contribution in [0.4, 0.5) is 0 Å². The number of nitrogens with zero attached hydrogens (tertiary/aromatic N) is 1. The van der Waals surface area contributed by atoms with Crippen molar-refractivity contribution in [3.8, 4) is 0 Å². The predicted octanol–water partition coefficient (Wildman–Crippen LogP) is 1.52. The third kappa shape index (κ3) is 3.46. The summed E-state index contributed by atoms with van der Waals surface area (Å²) in [5.41, 5.74) is -0.629. The minimum Gasteiger partial charge on any atom is -0.466 e. The molecule has 7 heteroatoms. The fourth-order valence-corrected chi connectivity index (χ4v) is 3.13. The second kappa shape index (κ2) is 6.05. The van der Waals surface area contributed by atoms with Crippen LogP contribution < -0.4 is 0 Å². The highest BCUT2D eigenvalue weighted by Gasteiger charge is 2.49. The predicted molar refractivity (Wildman–Crippen MR) is 68.6 cm³/mol. The molecule has 1 aliphatic heterocycles. The van der Waals surface area contributed by atoms with Crippen molar-refractivity contribution in [2.75, 3.05) is 26.4 Å². The standard InChI is InChI=1S/C13H21NO6/c1-2-18-11(15)9-12(10-14(16)17)3-5-13(6-4-12)19-7-8-20-13/h2-10H2,1H3. The van der Waals surface area contributed by atoms with Crippen molar-refractivity contribution in [3.05, 3.63) is 10.1 Å². The Labute approximate surface area is 117 Å². The molecule has 0 radical (unpaired) electrons. The van der Waals surface area contributed by atoms with Crippen molar-refractivity contribution in [3.63, 3.8) is 0 Å². The molecule has 2 aliphatic rings. The molecule has 1 heterocycles. The molecule has 0 bridgehead atoms. The SMILES string of the molecule is CCOC(=O)CC1(C[N+](=O)[O-])CCC2(CC1)OCCO2. The summed E-state index contributed by atoms with van der Waals surface area (Å²) in [6, 6.07) is 0. The zero-order valence-corrected chi connectivity index (χ0v) is 11.8. The van der Waals surface area contributed by atoms with E-state index in [9.17, 15) is 14.9 Å².